The van der Waals surface area contributed by atoms with Gasteiger partial charge in [-0.15, -0.1) is 0 Å². The molecule has 0 heterocycles. The second kappa shape index (κ2) is 13.7. The number of hydrogen-bond acceptors (Lipinski definition) is 6. The molecule has 4 aromatic rings. The summed E-state index contributed by atoms with van der Waals surface area (Å²) in [6.45, 7) is 10.9. The number of rotatable bonds is 10. The van der Waals surface area contributed by atoms with Crippen LogP contribution in [0, 0.1) is 0 Å². The number of alkyl halides is 6. The molecule has 0 aromatic heterocycles. The van der Waals surface area contributed by atoms with Gasteiger partial charge in [-0.1, -0.05) is 124 Å². The first-order valence-electron chi connectivity index (χ1n) is 15.0. The molecule has 268 valence electrons. The second-order valence-corrected chi connectivity index (χ2v) is 26.5. The van der Waals surface area contributed by atoms with E-state index in [-0.39, 0.29) is 10.4 Å². The van der Waals surface area contributed by atoms with Crippen LogP contribution >= 0.6 is 0 Å². The summed E-state index contributed by atoms with van der Waals surface area (Å²) in [6, 6.07) is 26.4. The van der Waals surface area contributed by atoms with Gasteiger partial charge >= 0.3 is 31.3 Å². The van der Waals surface area contributed by atoms with E-state index in [1.165, 1.54) is 24.3 Å². The summed E-state index contributed by atoms with van der Waals surface area (Å²) in [4.78, 5) is 0. The van der Waals surface area contributed by atoms with Crippen LogP contribution < -0.4 is 18.7 Å². The first-order valence-corrected chi connectivity index (χ1v) is 24.8. The van der Waals surface area contributed by atoms with Crippen LogP contribution in [0.4, 0.5) is 26.3 Å². The fraction of sp³-hybridized carbons (Fsp3) is 0.235. The van der Waals surface area contributed by atoms with Crippen molar-refractivity contribution >= 4 is 57.9 Å². The van der Waals surface area contributed by atoms with Crippen LogP contribution in [-0.4, -0.2) is 44.0 Å². The summed E-state index contributed by atoms with van der Waals surface area (Å²) < 4.78 is 138. The molecule has 0 saturated carbocycles. The van der Waals surface area contributed by atoms with Gasteiger partial charge < -0.3 is 8.37 Å². The largest absolute Gasteiger partial charge is 0.534 e. The third-order valence-corrected chi connectivity index (χ3v) is 13.4. The van der Waals surface area contributed by atoms with Crippen LogP contribution in [0.15, 0.2) is 97.1 Å². The first kappa shape index (κ1) is 38.9. The Morgan fingerprint density at radius 2 is 0.780 bits per heavy atom. The zero-order valence-corrected chi connectivity index (χ0v) is 31.4. The fourth-order valence-electron chi connectivity index (χ4n) is 5.14. The molecule has 0 aliphatic heterocycles. The van der Waals surface area contributed by atoms with E-state index in [2.05, 4.69) is 8.37 Å². The molecule has 0 spiro atoms. The van der Waals surface area contributed by atoms with Gasteiger partial charge in [0.1, 0.15) is 11.5 Å². The number of halogens is 6. The molecule has 0 bridgehead atoms. The van der Waals surface area contributed by atoms with Gasteiger partial charge in [-0.25, -0.2) is 0 Å². The first-order chi connectivity index (χ1) is 22.8. The van der Waals surface area contributed by atoms with E-state index in [4.69, 9.17) is 0 Å². The van der Waals surface area contributed by atoms with Crippen LogP contribution in [0.1, 0.15) is 22.3 Å². The van der Waals surface area contributed by atoms with Crippen LogP contribution in [-0.2, 0) is 20.2 Å². The van der Waals surface area contributed by atoms with Crippen molar-refractivity contribution in [2.75, 3.05) is 0 Å². The number of benzene rings is 4. The van der Waals surface area contributed by atoms with Crippen LogP contribution in [0.2, 0.25) is 39.3 Å². The topological polar surface area (TPSA) is 86.7 Å². The van der Waals surface area contributed by atoms with Crippen molar-refractivity contribution in [1.29, 1.82) is 0 Å². The minimum absolute atomic E-state index is 0.285. The molecular formula is C34H34F6O6S2Si2. The maximum atomic E-state index is 13.3. The van der Waals surface area contributed by atoms with Gasteiger partial charge in [0.15, 0.2) is 0 Å². The van der Waals surface area contributed by atoms with E-state index in [1.54, 1.807) is 72.8 Å². The molecule has 50 heavy (non-hydrogen) atoms. The van der Waals surface area contributed by atoms with Crippen molar-refractivity contribution < 1.29 is 51.5 Å². The highest BCUT2D eigenvalue weighted by Gasteiger charge is 2.50. The predicted molar refractivity (Wildman–Crippen MR) is 188 cm³/mol. The summed E-state index contributed by atoms with van der Waals surface area (Å²) in [5, 5.41) is 0.570. The average Bonchev–Trinajstić information content (AvgIpc) is 2.99. The van der Waals surface area contributed by atoms with Gasteiger partial charge in [-0.05, 0) is 55.9 Å². The van der Waals surface area contributed by atoms with E-state index in [9.17, 15) is 43.2 Å². The lowest BCUT2D eigenvalue weighted by atomic mass is 9.85. The summed E-state index contributed by atoms with van der Waals surface area (Å²) >= 11 is 0. The molecule has 0 aliphatic rings. The minimum Gasteiger partial charge on any atom is -0.376 e. The highest BCUT2D eigenvalue weighted by Crippen LogP contribution is 2.39. The van der Waals surface area contributed by atoms with Crippen molar-refractivity contribution in [2.24, 2.45) is 0 Å². The average molecular weight is 773 g/mol. The molecule has 4 rings (SSSR count). The normalized spacial score (nSPS) is 13.8. The Morgan fingerprint density at radius 3 is 1.04 bits per heavy atom. The van der Waals surface area contributed by atoms with Gasteiger partial charge in [-0.3, -0.25) is 0 Å². The Morgan fingerprint density at radius 1 is 0.480 bits per heavy atom. The fourth-order valence-corrected chi connectivity index (χ4v) is 9.16. The molecule has 0 radical (unpaired) electrons. The summed E-state index contributed by atoms with van der Waals surface area (Å²) in [5.74, 6) is -0.903. The van der Waals surface area contributed by atoms with E-state index < -0.39 is 58.9 Å². The molecule has 16 heteroatoms. The Kier molecular flexibility index (Phi) is 10.7. The van der Waals surface area contributed by atoms with Gasteiger partial charge in [0.05, 0.1) is 16.1 Å². The van der Waals surface area contributed by atoms with Crippen LogP contribution in [0.3, 0.4) is 0 Å². The van der Waals surface area contributed by atoms with Gasteiger partial charge in [0.25, 0.3) is 0 Å². The van der Waals surface area contributed by atoms with Gasteiger partial charge in [0.2, 0.25) is 0 Å². The molecule has 0 unspecified atom stereocenters. The predicted octanol–water partition coefficient (Wildman–Crippen LogP) is 8.24. The monoisotopic (exact) mass is 772 g/mol. The maximum absolute atomic E-state index is 13.3. The second-order valence-electron chi connectivity index (χ2n) is 13.4. The van der Waals surface area contributed by atoms with Crippen molar-refractivity contribution in [3.05, 3.63) is 119 Å². The molecule has 4 aromatic carbocycles. The van der Waals surface area contributed by atoms with E-state index >= 15 is 0 Å². The molecule has 0 atom stereocenters. The molecule has 0 fully saturated rings. The summed E-state index contributed by atoms with van der Waals surface area (Å²) in [5.41, 5.74) is -7.92. The zero-order chi connectivity index (χ0) is 37.5. The van der Waals surface area contributed by atoms with Crippen LogP contribution in [0.25, 0.3) is 11.1 Å². The maximum Gasteiger partial charge on any atom is 0.534 e. The molecule has 0 N–H and O–H groups in total. The summed E-state index contributed by atoms with van der Waals surface area (Å²) in [7, 11) is -17.2. The zero-order valence-electron chi connectivity index (χ0n) is 27.8. The molecule has 0 amide bonds. The lowest BCUT2D eigenvalue weighted by molar-refractivity contribution is -0.0504. The van der Waals surface area contributed by atoms with Gasteiger partial charge in [0, 0.05) is 0 Å². The van der Waals surface area contributed by atoms with E-state index in [0.29, 0.717) is 33.4 Å². The minimum atomic E-state index is -5.98. The smallest absolute Gasteiger partial charge is 0.376 e. The summed E-state index contributed by atoms with van der Waals surface area (Å²) in [6.07, 6.45) is 0. The van der Waals surface area contributed by atoms with Crippen molar-refractivity contribution in [1.82, 2.24) is 0 Å². The van der Waals surface area contributed by atoms with Crippen molar-refractivity contribution in [3.63, 3.8) is 0 Å². The van der Waals surface area contributed by atoms with E-state index in [1.807, 2.05) is 39.3 Å². The molecule has 0 aliphatic carbocycles. The SMILES string of the molecule is C[Si](C)(C)c1cc(/C(=C(/c2ccccc2)c2ccc(OS(=O)(=O)C(F)(F)F)c([Si](C)(C)C)c2)c2ccccc2)ccc1OS(=O)(=O)C(F)(F)F. The number of hydrogen-bond donors (Lipinski definition) is 0. The van der Waals surface area contributed by atoms with Crippen LogP contribution in [0.5, 0.6) is 11.5 Å². The van der Waals surface area contributed by atoms with Crippen molar-refractivity contribution in [2.45, 2.75) is 50.3 Å². The van der Waals surface area contributed by atoms with Crippen molar-refractivity contribution in [3.8, 4) is 11.5 Å². The lowest BCUT2D eigenvalue weighted by Gasteiger charge is -2.25. The highest BCUT2D eigenvalue weighted by molar-refractivity contribution is 7.88. The highest BCUT2D eigenvalue weighted by atomic mass is 32.2. The van der Waals surface area contributed by atoms with Gasteiger partial charge in [-0.2, -0.15) is 43.2 Å². The lowest BCUT2D eigenvalue weighted by Crippen LogP contribution is -2.40. The molecule has 6 nitrogen and oxygen atoms in total. The third kappa shape index (κ3) is 8.53. The molecule has 0 saturated heterocycles. The third-order valence-electron chi connectivity index (χ3n) is 7.49. The Labute approximate surface area is 289 Å². The Balaban J connectivity index is 2.13. The Hall–Kier alpha value is -3.87. The van der Waals surface area contributed by atoms with E-state index in [0.717, 1.165) is 0 Å². The quantitative estimate of drug-likeness (QED) is 0.0531. The Bertz CT molecular complexity index is 1970. The molecular weight excluding hydrogens is 739 g/mol. The standard InChI is InChI=1S/C34H34F6O6S2Si2/c1-49(2,3)29-21-25(17-19-27(29)45-47(41,42)33(35,36)37)31(23-13-9-7-10-14-23)32(24-15-11-8-12-16-24)26-18-20-28(30(22-26)50(4,5)6)46-48(43,44)34(38,39)40/h7-22H,1-6H3/b32-31-.